The fraction of sp³-hybridized carbons (Fsp3) is 0.276. The quantitative estimate of drug-likeness (QED) is 0.142. The minimum Gasteiger partial charge on any atom is -0.456 e. The third-order valence-electron chi connectivity index (χ3n) is 15.1. The zero-order valence-corrected chi connectivity index (χ0v) is 40.3. The summed E-state index contributed by atoms with van der Waals surface area (Å²) in [5.74, 6) is 3.53. The van der Waals surface area contributed by atoms with Gasteiger partial charge < -0.3 is 28.1 Å². The van der Waals surface area contributed by atoms with Crippen molar-refractivity contribution in [3.8, 4) is 23.0 Å². The number of hydrogen-bond acceptors (Lipinski definition) is 4. The lowest BCUT2D eigenvalue weighted by Gasteiger charge is -2.30. The van der Waals surface area contributed by atoms with Crippen LogP contribution in [0, 0.1) is 0 Å². The molecule has 0 amide bonds. The molecule has 0 aliphatic carbocycles. The van der Waals surface area contributed by atoms with Crippen molar-refractivity contribution in [3.63, 3.8) is 0 Å². The van der Waals surface area contributed by atoms with Crippen molar-refractivity contribution in [2.75, 3.05) is 9.62 Å². The molecule has 6 nitrogen and oxygen atoms in total. The average molecular weight is 863 g/mol. The molecule has 0 saturated heterocycles. The van der Waals surface area contributed by atoms with Gasteiger partial charge in [-0.1, -0.05) is 144 Å². The van der Waals surface area contributed by atoms with Crippen molar-refractivity contribution in [2.24, 2.45) is 0 Å². The molecule has 0 radical (unpaired) electrons. The fourth-order valence-electron chi connectivity index (χ4n) is 11.6. The summed E-state index contributed by atoms with van der Waals surface area (Å²) in [7, 11) is 0. The number of benzene rings is 7. The van der Waals surface area contributed by atoms with Crippen LogP contribution in [0.1, 0.15) is 105 Å². The van der Waals surface area contributed by atoms with E-state index < -0.39 is 0 Å². The maximum Gasteiger partial charge on any atom is 0.424 e. The molecule has 8 heteroatoms. The van der Waals surface area contributed by atoms with Crippen LogP contribution in [0.25, 0.3) is 43.6 Å². The van der Waals surface area contributed by atoms with E-state index in [-0.39, 0.29) is 35.6 Å². The van der Waals surface area contributed by atoms with Crippen LogP contribution in [0.3, 0.4) is 0 Å². The number of anilines is 4. The van der Waals surface area contributed by atoms with Crippen LogP contribution in [-0.4, -0.2) is 22.9 Å². The second-order valence-corrected chi connectivity index (χ2v) is 23.5. The van der Waals surface area contributed by atoms with Crippen LogP contribution in [0.15, 0.2) is 121 Å². The first-order chi connectivity index (χ1) is 31.3. The van der Waals surface area contributed by atoms with Gasteiger partial charge in [0.25, 0.3) is 0 Å². The Hall–Kier alpha value is -6.53. The van der Waals surface area contributed by atoms with Crippen molar-refractivity contribution in [1.29, 1.82) is 0 Å². The molecule has 9 aromatic rings. The first-order valence-corrected chi connectivity index (χ1v) is 23.8. The summed E-state index contributed by atoms with van der Waals surface area (Å²) in [6, 6.07) is 45.9. The Labute approximate surface area is 389 Å². The Morgan fingerprint density at radius 3 is 1.11 bits per heavy atom. The highest BCUT2D eigenvalue weighted by molar-refractivity contribution is 6.84. The third kappa shape index (κ3) is 5.21. The summed E-state index contributed by atoms with van der Waals surface area (Å²) in [5.41, 5.74) is 16.7. The van der Waals surface area contributed by atoms with E-state index in [0.717, 1.165) is 45.3 Å². The van der Waals surface area contributed by atoms with Gasteiger partial charge in [-0.15, -0.1) is 0 Å². The molecule has 4 aliphatic rings. The van der Waals surface area contributed by atoms with Crippen LogP contribution in [0.4, 0.5) is 22.7 Å². The van der Waals surface area contributed by atoms with Gasteiger partial charge in [0.2, 0.25) is 0 Å². The topological polar surface area (TPSA) is 34.8 Å². The Kier molecular flexibility index (Phi) is 7.64. The zero-order valence-electron chi connectivity index (χ0n) is 40.3. The highest BCUT2D eigenvalue weighted by atomic mass is 16.5. The maximum absolute atomic E-state index is 7.16. The predicted octanol–water partition coefficient (Wildman–Crippen LogP) is 14.1. The van der Waals surface area contributed by atoms with E-state index in [1.165, 1.54) is 77.2 Å². The average Bonchev–Trinajstić information content (AvgIpc) is 3.93. The Morgan fingerprint density at radius 2 is 0.727 bits per heavy atom. The molecule has 0 fully saturated rings. The fourth-order valence-corrected chi connectivity index (χ4v) is 11.6. The van der Waals surface area contributed by atoms with E-state index in [1.807, 2.05) is 0 Å². The van der Waals surface area contributed by atoms with Gasteiger partial charge in [0.15, 0.2) is 0 Å². The lowest BCUT2D eigenvalue weighted by molar-refractivity contribution is 0.485. The van der Waals surface area contributed by atoms with Gasteiger partial charge in [0.1, 0.15) is 23.0 Å². The molecular weight excluding hydrogens is 806 g/mol. The standard InChI is InChI=1S/C58H56B2N4O2/c1-55(2,3)33-21-25-41-37(29-33)49-51-54(64-44-28-24-36(58(10,11)12)32-48(44)65-45-19-15-13-17-39(45)59(64)61(41)51)50-38-30-34(56(4,5)6)22-26-42(38)62-52(50)53(49)63-43-27-23-35(57(7,8)9)31-47(43)66-46-20-16-14-18-40(46)60(62)63/h13-32H,1-12H3. The van der Waals surface area contributed by atoms with Gasteiger partial charge in [0.05, 0.1) is 33.8 Å². The van der Waals surface area contributed by atoms with Crippen LogP contribution in [0.5, 0.6) is 23.0 Å². The molecule has 7 aromatic carbocycles. The molecule has 0 N–H and O–H groups in total. The summed E-state index contributed by atoms with van der Waals surface area (Å²) in [6.45, 7) is 27.3. The molecule has 66 heavy (non-hydrogen) atoms. The Morgan fingerprint density at radius 1 is 0.379 bits per heavy atom. The van der Waals surface area contributed by atoms with Crippen LogP contribution < -0.4 is 30.0 Å². The molecule has 0 unspecified atom stereocenters. The third-order valence-corrected chi connectivity index (χ3v) is 15.1. The second kappa shape index (κ2) is 12.7. The van der Waals surface area contributed by atoms with E-state index in [9.17, 15) is 0 Å². The van der Waals surface area contributed by atoms with Crippen LogP contribution in [-0.2, 0) is 21.7 Å². The molecule has 0 bridgehead atoms. The summed E-state index contributed by atoms with van der Waals surface area (Å²) in [4.78, 5) is 5.29. The normalized spacial score (nSPS) is 15.1. The van der Waals surface area contributed by atoms with Gasteiger partial charge in [-0.3, -0.25) is 0 Å². The van der Waals surface area contributed by atoms with E-state index in [1.54, 1.807) is 0 Å². The van der Waals surface area contributed by atoms with E-state index in [4.69, 9.17) is 9.47 Å². The van der Waals surface area contributed by atoms with E-state index >= 15 is 0 Å². The van der Waals surface area contributed by atoms with Crippen LogP contribution in [0.2, 0.25) is 0 Å². The molecule has 0 atom stereocenters. The van der Waals surface area contributed by atoms with Crippen molar-refractivity contribution < 1.29 is 9.47 Å². The number of fused-ring (bicyclic) bond motifs is 22. The summed E-state index contributed by atoms with van der Waals surface area (Å²) in [6.07, 6.45) is 0. The molecule has 4 aliphatic heterocycles. The molecular formula is C58H56B2N4O2. The van der Waals surface area contributed by atoms with Crippen molar-refractivity contribution >= 4 is 91.3 Å². The molecule has 0 spiro atoms. The minimum absolute atomic E-state index is 0.0635. The number of nitrogens with zero attached hydrogens (tertiary/aromatic N) is 4. The Balaban J connectivity index is 1.28. The highest BCUT2D eigenvalue weighted by Gasteiger charge is 2.52. The molecule has 13 rings (SSSR count). The number of aromatic nitrogens is 2. The molecule has 2 aromatic heterocycles. The second-order valence-electron chi connectivity index (χ2n) is 23.5. The largest absolute Gasteiger partial charge is 0.456 e. The molecule has 6 heterocycles. The van der Waals surface area contributed by atoms with E-state index in [0.29, 0.717) is 0 Å². The predicted molar refractivity (Wildman–Crippen MR) is 279 cm³/mol. The summed E-state index contributed by atoms with van der Waals surface area (Å²) in [5, 5.41) is 5.07. The number of para-hydroxylation sites is 2. The monoisotopic (exact) mass is 862 g/mol. The van der Waals surface area contributed by atoms with Gasteiger partial charge in [-0.25, -0.2) is 0 Å². The number of ether oxygens (including phenoxy) is 2. The van der Waals surface area contributed by atoms with Gasteiger partial charge in [-0.2, -0.15) is 0 Å². The van der Waals surface area contributed by atoms with Gasteiger partial charge in [0, 0.05) is 43.5 Å². The number of rotatable bonds is 0. The van der Waals surface area contributed by atoms with Crippen LogP contribution >= 0.6 is 0 Å². The summed E-state index contributed by atoms with van der Waals surface area (Å²) >= 11 is 0. The zero-order chi connectivity index (χ0) is 45.7. The highest BCUT2D eigenvalue weighted by Crippen LogP contribution is 2.61. The van der Waals surface area contributed by atoms with Crippen molar-refractivity contribution in [1.82, 2.24) is 8.96 Å². The minimum atomic E-state index is -0.217. The lowest BCUT2D eigenvalue weighted by Crippen LogP contribution is -2.48. The van der Waals surface area contributed by atoms with Crippen molar-refractivity contribution in [3.05, 3.63) is 144 Å². The first-order valence-electron chi connectivity index (χ1n) is 23.8. The molecule has 0 saturated carbocycles. The SMILES string of the molecule is CC(C)(C)c1ccc2c(c1)Oc1ccccc1B1N2c2c3c4cc(C(C)(C)C)ccc4n4c3c(c3c5cc(C(C)(C)C)ccc5n1c23)N1B4c2ccccc2Oc2cc(C(C)(C)C)ccc21. The maximum atomic E-state index is 7.16. The van der Waals surface area contributed by atoms with E-state index in [2.05, 4.69) is 223 Å². The smallest absolute Gasteiger partial charge is 0.424 e. The first kappa shape index (κ1) is 39.8. The Bertz CT molecular complexity index is 3390. The number of hydrogen-bond donors (Lipinski definition) is 0. The van der Waals surface area contributed by atoms with Gasteiger partial charge in [-0.05, 0) is 105 Å². The van der Waals surface area contributed by atoms with Gasteiger partial charge >= 0.3 is 14.0 Å². The lowest BCUT2D eigenvalue weighted by atomic mass is 9.65. The molecule has 326 valence electrons. The van der Waals surface area contributed by atoms with Crippen molar-refractivity contribution in [2.45, 2.75) is 105 Å². The summed E-state index contributed by atoms with van der Waals surface area (Å²) < 4.78 is 19.6.